The summed E-state index contributed by atoms with van der Waals surface area (Å²) in [7, 11) is 0. The van der Waals surface area contributed by atoms with Gasteiger partial charge in [0.05, 0.1) is 0 Å². The van der Waals surface area contributed by atoms with E-state index in [9.17, 15) is 0 Å². The monoisotopic (exact) mass is 324 g/mol. The molecule has 0 nitrogen and oxygen atoms in total. The summed E-state index contributed by atoms with van der Waals surface area (Å²) >= 11 is 0. The van der Waals surface area contributed by atoms with Crippen LogP contribution in [-0.4, -0.2) is 0 Å². The quantitative estimate of drug-likeness (QED) is 0.462. The minimum Gasteiger partial charge on any atom is -0.358 e. The topological polar surface area (TPSA) is 0 Å². The molecule has 1 aromatic rings. The van der Waals surface area contributed by atoms with Crippen molar-refractivity contribution in [3.05, 3.63) is 51.3 Å². The Morgan fingerprint density at radius 2 is 1.00 bits per heavy atom. The first-order valence-electron chi connectivity index (χ1n) is 5.42. The van der Waals surface area contributed by atoms with E-state index < -0.39 is 0 Å². The van der Waals surface area contributed by atoms with E-state index >= 15 is 0 Å². The van der Waals surface area contributed by atoms with Gasteiger partial charge in [0.2, 0.25) is 0 Å². The Morgan fingerprint density at radius 1 is 0.765 bits per heavy atom. The molecular weight excluding hydrogens is 293 g/mol. The van der Waals surface area contributed by atoms with Crippen molar-refractivity contribution >= 4 is 0 Å². The van der Waals surface area contributed by atoms with Gasteiger partial charge in [0.1, 0.15) is 0 Å². The van der Waals surface area contributed by atoms with Crippen LogP contribution in [0.25, 0.3) is 0 Å². The minimum absolute atomic E-state index is 0. The smallest absolute Gasteiger partial charge is 0.358 e. The number of rotatable bonds is 1. The molecule has 0 spiro atoms. The number of hydrogen-bond donors (Lipinski definition) is 0. The van der Waals surface area contributed by atoms with Gasteiger partial charge >= 0.3 is 19.5 Å². The normalized spacial score (nSPS) is 8.82. The third kappa shape index (κ3) is 25.8. The molecular formula is C16H30Ru. The molecule has 0 fully saturated rings. The summed E-state index contributed by atoms with van der Waals surface area (Å²) in [5.74, 6) is 0.843. The molecule has 0 aromatic heterocycles. The van der Waals surface area contributed by atoms with E-state index in [0.717, 1.165) is 5.92 Å². The predicted molar refractivity (Wildman–Crippen MR) is 78.2 cm³/mol. The summed E-state index contributed by atoms with van der Waals surface area (Å²) in [5.41, 5.74) is 0.522. The van der Waals surface area contributed by atoms with E-state index in [1.165, 1.54) is 6.42 Å². The Morgan fingerprint density at radius 3 is 1.06 bits per heavy atom. The summed E-state index contributed by atoms with van der Waals surface area (Å²) in [6.45, 7) is 11.4. The zero-order valence-corrected chi connectivity index (χ0v) is 14.3. The van der Waals surface area contributed by atoms with Crippen molar-refractivity contribution < 1.29 is 19.5 Å². The van der Waals surface area contributed by atoms with Crippen LogP contribution < -0.4 is 0 Å². The molecule has 1 rings (SSSR count). The molecule has 0 unspecified atom stereocenters. The number of benzene rings is 1. The van der Waals surface area contributed by atoms with Gasteiger partial charge in [-0.25, -0.2) is 0 Å². The molecule has 1 heteroatoms. The zero-order valence-electron chi connectivity index (χ0n) is 12.6. The third-order valence-electron chi connectivity index (χ3n) is 1.69. The maximum absolute atomic E-state index is 2.28. The Balaban J connectivity index is -0.0000000860. The van der Waals surface area contributed by atoms with Gasteiger partial charge in [0.15, 0.2) is 0 Å². The van der Waals surface area contributed by atoms with E-state index in [2.05, 4.69) is 34.6 Å². The molecule has 0 aliphatic heterocycles. The fourth-order valence-corrected chi connectivity index (χ4v) is 1.61. The van der Waals surface area contributed by atoms with E-state index in [0.29, 0.717) is 5.41 Å². The zero-order chi connectivity index (χ0) is 11.0. The maximum atomic E-state index is 2.28. The van der Waals surface area contributed by atoms with Gasteiger partial charge in [0.25, 0.3) is 0 Å². The molecule has 17 heavy (non-hydrogen) atoms. The fraction of sp³-hybridized carbons (Fsp3) is 0.500. The van der Waals surface area contributed by atoms with Crippen LogP contribution >= 0.6 is 0 Å². The van der Waals surface area contributed by atoms with Crippen LogP contribution in [0.4, 0.5) is 0 Å². The first kappa shape index (κ1) is 25.6. The maximum Gasteiger partial charge on any atom is 2.00 e. The standard InChI is InChI=1S/C8H18.C6H6.2CH3.Ru/c1-7(2)6-8(3,4)5;1-2-4-6-5-3-1;;;/h7H,6H2,1-5H3;1-6H;2*1H3;/q;;2*-1;+2. The molecule has 0 amide bonds. The molecule has 0 aliphatic carbocycles. The largest absolute Gasteiger partial charge is 2.00 e. The first-order chi connectivity index (χ1) is 6.42. The van der Waals surface area contributed by atoms with Gasteiger partial charge in [-0.05, 0) is 17.8 Å². The van der Waals surface area contributed by atoms with Crippen molar-refractivity contribution in [1.29, 1.82) is 0 Å². The molecule has 0 atom stereocenters. The third-order valence-corrected chi connectivity index (χ3v) is 1.69. The SMILES string of the molecule is CC(C)CC(C)(C)C.[CH3-].[CH3-].[Ru+2].c1ccccc1. The van der Waals surface area contributed by atoms with Crippen LogP contribution in [0.2, 0.25) is 0 Å². The van der Waals surface area contributed by atoms with Gasteiger partial charge in [-0.3, -0.25) is 0 Å². The summed E-state index contributed by atoms with van der Waals surface area (Å²) in [5, 5.41) is 0. The second-order valence-electron chi connectivity index (χ2n) is 5.31. The molecule has 0 aliphatic rings. The Labute approximate surface area is 123 Å². The van der Waals surface area contributed by atoms with Crippen molar-refractivity contribution in [2.75, 3.05) is 0 Å². The van der Waals surface area contributed by atoms with E-state index in [-0.39, 0.29) is 34.3 Å². The van der Waals surface area contributed by atoms with Crippen molar-refractivity contribution in [1.82, 2.24) is 0 Å². The molecule has 102 valence electrons. The Kier molecular flexibility index (Phi) is 21.0. The minimum atomic E-state index is 0. The van der Waals surface area contributed by atoms with Gasteiger partial charge in [0, 0.05) is 0 Å². The van der Waals surface area contributed by atoms with Crippen LogP contribution in [0.5, 0.6) is 0 Å². The van der Waals surface area contributed by atoms with Crippen molar-refractivity contribution in [3.63, 3.8) is 0 Å². The van der Waals surface area contributed by atoms with Crippen LogP contribution in [-0.2, 0) is 19.5 Å². The van der Waals surface area contributed by atoms with E-state index in [1.54, 1.807) is 0 Å². The van der Waals surface area contributed by atoms with Crippen molar-refractivity contribution in [2.45, 2.75) is 41.0 Å². The van der Waals surface area contributed by atoms with Gasteiger partial charge < -0.3 is 14.9 Å². The second kappa shape index (κ2) is 13.9. The van der Waals surface area contributed by atoms with Crippen LogP contribution in [0.15, 0.2) is 36.4 Å². The summed E-state index contributed by atoms with van der Waals surface area (Å²) < 4.78 is 0. The van der Waals surface area contributed by atoms with Gasteiger partial charge in [-0.1, -0.05) is 71.0 Å². The van der Waals surface area contributed by atoms with Crippen LogP contribution in [0.3, 0.4) is 0 Å². The molecule has 0 radical (unpaired) electrons. The average molecular weight is 323 g/mol. The van der Waals surface area contributed by atoms with Gasteiger partial charge in [-0.15, -0.1) is 0 Å². The Bertz CT molecular complexity index is 182. The second-order valence-corrected chi connectivity index (χ2v) is 5.31. The molecule has 0 bridgehead atoms. The molecule has 0 N–H and O–H groups in total. The summed E-state index contributed by atoms with van der Waals surface area (Å²) in [6, 6.07) is 12.0. The molecule has 0 saturated carbocycles. The molecule has 1 aromatic carbocycles. The van der Waals surface area contributed by atoms with Gasteiger partial charge in [-0.2, -0.15) is 0 Å². The fourth-order valence-electron chi connectivity index (χ4n) is 1.61. The molecule has 0 saturated heterocycles. The number of hydrogen-bond acceptors (Lipinski definition) is 0. The van der Waals surface area contributed by atoms with Crippen molar-refractivity contribution in [3.8, 4) is 0 Å². The van der Waals surface area contributed by atoms with E-state index in [4.69, 9.17) is 0 Å². The predicted octanol–water partition coefficient (Wildman–Crippen LogP) is 5.66. The first-order valence-corrected chi connectivity index (χ1v) is 5.42. The van der Waals surface area contributed by atoms with E-state index in [1.807, 2.05) is 36.4 Å². The Hall–Kier alpha value is -0.157. The molecule has 0 heterocycles. The summed E-state index contributed by atoms with van der Waals surface area (Å²) in [4.78, 5) is 0. The summed E-state index contributed by atoms with van der Waals surface area (Å²) in [6.07, 6.45) is 1.33. The van der Waals surface area contributed by atoms with Crippen LogP contribution in [0, 0.1) is 26.2 Å². The average Bonchev–Trinajstić information content (AvgIpc) is 2.03. The van der Waals surface area contributed by atoms with Crippen molar-refractivity contribution in [2.24, 2.45) is 11.3 Å². The van der Waals surface area contributed by atoms with Crippen LogP contribution in [0.1, 0.15) is 41.0 Å².